The molecule has 1 atom stereocenters. The zero-order chi connectivity index (χ0) is 22.2. The fourth-order valence-corrected chi connectivity index (χ4v) is 3.91. The highest BCUT2D eigenvalue weighted by atomic mass is 32.2. The van der Waals surface area contributed by atoms with Crippen LogP contribution in [0.4, 0.5) is 4.79 Å². The Morgan fingerprint density at radius 1 is 1.14 bits per heavy atom. The fourth-order valence-electron chi connectivity index (χ4n) is 2.43. The van der Waals surface area contributed by atoms with Gasteiger partial charge in [0.15, 0.2) is 6.61 Å². The van der Waals surface area contributed by atoms with Crippen LogP contribution in [0.25, 0.3) is 0 Å². The van der Waals surface area contributed by atoms with Gasteiger partial charge in [0.1, 0.15) is 0 Å². The van der Waals surface area contributed by atoms with Crippen LogP contribution in [0.15, 0.2) is 23.1 Å². The molecule has 2 N–H and O–H groups in total. The van der Waals surface area contributed by atoms with Crippen molar-refractivity contribution in [1.82, 2.24) is 14.9 Å². The lowest BCUT2D eigenvalue weighted by Crippen LogP contribution is -2.44. The summed E-state index contributed by atoms with van der Waals surface area (Å²) < 4.78 is 31.5. The first-order chi connectivity index (χ1) is 13.6. The normalized spacial score (nSPS) is 12.3. The molecule has 0 saturated heterocycles. The Balaban J connectivity index is 2.85. The standard InChI is InChI=1S/C19H29N3O6S/c1-6-14(5)20-19(25)21-17(23)12-28-18(24)16-11-15(10-9-13(16)4)29(26,27)22(7-2)8-3/h9-11,14H,6-8,12H2,1-5H3,(H2,20,21,23,25)/t14-/m1/s1. The van der Waals surface area contributed by atoms with E-state index < -0.39 is 34.5 Å². The number of benzene rings is 1. The number of sulfonamides is 1. The molecule has 0 fully saturated rings. The van der Waals surface area contributed by atoms with Gasteiger partial charge in [0.2, 0.25) is 10.0 Å². The zero-order valence-corrected chi connectivity index (χ0v) is 18.3. The maximum atomic E-state index is 12.6. The molecule has 0 radical (unpaired) electrons. The molecule has 0 heterocycles. The predicted octanol–water partition coefficient (Wildman–Crippen LogP) is 1.81. The summed E-state index contributed by atoms with van der Waals surface area (Å²) in [5.41, 5.74) is 0.540. The molecule has 0 saturated carbocycles. The smallest absolute Gasteiger partial charge is 0.338 e. The van der Waals surface area contributed by atoms with Gasteiger partial charge in [-0.2, -0.15) is 4.31 Å². The number of rotatable bonds is 9. The number of carbonyl (C=O) groups excluding carboxylic acids is 3. The number of nitrogens with zero attached hydrogens (tertiary/aromatic N) is 1. The van der Waals surface area contributed by atoms with Crippen LogP contribution in [0.5, 0.6) is 0 Å². The average Bonchev–Trinajstić information content (AvgIpc) is 2.66. The summed E-state index contributed by atoms with van der Waals surface area (Å²) in [4.78, 5) is 35.7. The molecule has 0 unspecified atom stereocenters. The van der Waals surface area contributed by atoms with E-state index in [1.54, 1.807) is 27.7 Å². The van der Waals surface area contributed by atoms with Gasteiger partial charge in [0.05, 0.1) is 10.5 Å². The largest absolute Gasteiger partial charge is 0.452 e. The second-order valence-corrected chi connectivity index (χ2v) is 8.41. The number of carbonyl (C=O) groups is 3. The van der Waals surface area contributed by atoms with Crippen molar-refractivity contribution in [2.45, 2.75) is 52.0 Å². The van der Waals surface area contributed by atoms with Gasteiger partial charge in [0, 0.05) is 19.1 Å². The molecule has 1 aromatic carbocycles. The van der Waals surface area contributed by atoms with Gasteiger partial charge < -0.3 is 10.1 Å². The van der Waals surface area contributed by atoms with Crippen LogP contribution in [0.1, 0.15) is 50.0 Å². The molecule has 0 aliphatic heterocycles. The van der Waals surface area contributed by atoms with Gasteiger partial charge in [0.25, 0.3) is 5.91 Å². The van der Waals surface area contributed by atoms with E-state index >= 15 is 0 Å². The molecule has 0 bridgehead atoms. The van der Waals surface area contributed by atoms with E-state index in [0.29, 0.717) is 25.1 Å². The van der Waals surface area contributed by atoms with Crippen molar-refractivity contribution in [2.75, 3.05) is 19.7 Å². The summed E-state index contributed by atoms with van der Waals surface area (Å²) in [6.07, 6.45) is 0.697. The fraction of sp³-hybridized carbons (Fsp3) is 0.526. The minimum Gasteiger partial charge on any atom is -0.452 e. The van der Waals surface area contributed by atoms with Gasteiger partial charge in [-0.1, -0.05) is 26.8 Å². The number of imide groups is 1. The van der Waals surface area contributed by atoms with E-state index in [0.717, 1.165) is 0 Å². The van der Waals surface area contributed by atoms with Crippen LogP contribution in [0.2, 0.25) is 0 Å². The van der Waals surface area contributed by atoms with E-state index in [2.05, 4.69) is 10.6 Å². The molecule has 1 aromatic rings. The number of hydrogen-bond donors (Lipinski definition) is 2. The molecule has 9 nitrogen and oxygen atoms in total. The average molecular weight is 428 g/mol. The first-order valence-corrected chi connectivity index (χ1v) is 10.9. The van der Waals surface area contributed by atoms with E-state index in [1.807, 2.05) is 6.92 Å². The lowest BCUT2D eigenvalue weighted by atomic mass is 10.1. The topological polar surface area (TPSA) is 122 Å². The molecule has 3 amide bonds. The molecule has 0 aromatic heterocycles. The van der Waals surface area contributed by atoms with Crippen LogP contribution in [0, 0.1) is 6.92 Å². The maximum Gasteiger partial charge on any atom is 0.338 e. The van der Waals surface area contributed by atoms with Crippen LogP contribution in [-0.2, 0) is 19.6 Å². The van der Waals surface area contributed by atoms with Crippen LogP contribution in [0.3, 0.4) is 0 Å². The van der Waals surface area contributed by atoms with Crippen molar-refractivity contribution in [3.05, 3.63) is 29.3 Å². The minimum absolute atomic E-state index is 0.0314. The SMILES string of the molecule is CC[C@@H](C)NC(=O)NC(=O)COC(=O)c1cc(S(=O)(=O)N(CC)CC)ccc1C. The monoisotopic (exact) mass is 427 g/mol. The highest BCUT2D eigenvalue weighted by Gasteiger charge is 2.24. The predicted molar refractivity (Wildman–Crippen MR) is 108 cm³/mol. The second kappa shape index (κ2) is 10.9. The lowest BCUT2D eigenvalue weighted by molar-refractivity contribution is -0.123. The Morgan fingerprint density at radius 2 is 1.76 bits per heavy atom. The third-order valence-corrected chi connectivity index (χ3v) is 6.40. The highest BCUT2D eigenvalue weighted by molar-refractivity contribution is 7.89. The summed E-state index contributed by atoms with van der Waals surface area (Å²) in [5, 5.41) is 4.62. The molecule has 1 rings (SSSR count). The van der Waals surface area contributed by atoms with E-state index in [4.69, 9.17) is 4.74 Å². The Kier molecular flexibility index (Phi) is 9.25. The second-order valence-electron chi connectivity index (χ2n) is 6.47. The number of nitrogens with one attached hydrogen (secondary N) is 2. The van der Waals surface area contributed by atoms with Crippen LogP contribution < -0.4 is 10.6 Å². The van der Waals surface area contributed by atoms with E-state index in [1.165, 1.54) is 22.5 Å². The highest BCUT2D eigenvalue weighted by Crippen LogP contribution is 2.20. The number of amides is 3. The Labute approximate surface area is 171 Å². The summed E-state index contributed by atoms with van der Waals surface area (Å²) in [6, 6.07) is 3.38. The Hall–Kier alpha value is -2.46. The summed E-state index contributed by atoms with van der Waals surface area (Å²) in [5.74, 6) is -1.64. The van der Waals surface area contributed by atoms with Crippen molar-refractivity contribution < 1.29 is 27.5 Å². The molecule has 0 aliphatic carbocycles. The van der Waals surface area contributed by atoms with Gasteiger partial charge in [-0.05, 0) is 38.0 Å². The zero-order valence-electron chi connectivity index (χ0n) is 17.4. The lowest BCUT2D eigenvalue weighted by Gasteiger charge is -2.19. The quantitative estimate of drug-likeness (QED) is 0.580. The van der Waals surface area contributed by atoms with Gasteiger partial charge in [-0.3, -0.25) is 10.1 Å². The number of urea groups is 1. The first-order valence-electron chi connectivity index (χ1n) is 9.44. The van der Waals surface area contributed by atoms with Gasteiger partial charge in [-0.25, -0.2) is 18.0 Å². The molecule has 10 heteroatoms. The summed E-state index contributed by atoms with van der Waals surface area (Å²) in [7, 11) is -3.74. The first kappa shape index (κ1) is 24.6. The summed E-state index contributed by atoms with van der Waals surface area (Å²) in [6.45, 7) is 8.67. The molecule has 29 heavy (non-hydrogen) atoms. The number of ether oxygens (including phenoxy) is 1. The Bertz CT molecular complexity index is 850. The van der Waals surface area contributed by atoms with Crippen molar-refractivity contribution in [1.29, 1.82) is 0 Å². The van der Waals surface area contributed by atoms with E-state index in [-0.39, 0.29) is 16.5 Å². The van der Waals surface area contributed by atoms with E-state index in [9.17, 15) is 22.8 Å². The maximum absolute atomic E-state index is 12.6. The summed E-state index contributed by atoms with van der Waals surface area (Å²) >= 11 is 0. The number of esters is 1. The van der Waals surface area contributed by atoms with Crippen molar-refractivity contribution in [2.24, 2.45) is 0 Å². The van der Waals surface area contributed by atoms with Crippen LogP contribution in [-0.4, -0.2) is 56.4 Å². The molecule has 0 aliphatic rings. The third kappa shape index (κ3) is 6.82. The number of aryl methyl sites for hydroxylation is 1. The molecule has 0 spiro atoms. The minimum atomic E-state index is -3.74. The third-order valence-electron chi connectivity index (χ3n) is 4.35. The molecule has 162 valence electrons. The molecular formula is C19H29N3O6S. The van der Waals surface area contributed by atoms with Crippen molar-refractivity contribution in [3.8, 4) is 0 Å². The van der Waals surface area contributed by atoms with Gasteiger partial charge in [-0.15, -0.1) is 0 Å². The molecular weight excluding hydrogens is 398 g/mol. The Morgan fingerprint density at radius 3 is 2.31 bits per heavy atom. The van der Waals surface area contributed by atoms with Gasteiger partial charge >= 0.3 is 12.0 Å². The number of hydrogen-bond acceptors (Lipinski definition) is 6. The van der Waals surface area contributed by atoms with Crippen molar-refractivity contribution >= 4 is 27.9 Å². The van der Waals surface area contributed by atoms with Crippen LogP contribution >= 0.6 is 0 Å². The van der Waals surface area contributed by atoms with Crippen molar-refractivity contribution in [3.63, 3.8) is 0 Å².